The van der Waals surface area contributed by atoms with Gasteiger partial charge in [0.25, 0.3) is 0 Å². The smallest absolute Gasteiger partial charge is 0.301 e. The van der Waals surface area contributed by atoms with Crippen LogP contribution in [-0.4, -0.2) is 11.5 Å². The molecule has 68 valence electrons. The van der Waals surface area contributed by atoms with E-state index in [9.17, 15) is 4.57 Å². The van der Waals surface area contributed by atoms with E-state index in [1.54, 1.807) is 5.59 Å². The van der Waals surface area contributed by atoms with Gasteiger partial charge in [-0.15, -0.1) is 5.59 Å². The molecule has 0 bridgehead atoms. The standard InChI is InChI=1S/C4H13N2O4P/c1-2-3-4-9-11(7,8)10-6-5/h6H,2-5H2,1H3,(H,7,8). The SMILES string of the molecule is CCCCOP(=O)(O)ONN. The van der Waals surface area contributed by atoms with Gasteiger partial charge < -0.3 is 4.89 Å². The summed E-state index contributed by atoms with van der Waals surface area (Å²) in [5.41, 5.74) is 1.60. The van der Waals surface area contributed by atoms with Crippen molar-refractivity contribution in [3.63, 3.8) is 0 Å². The Morgan fingerprint density at radius 3 is 2.82 bits per heavy atom. The first-order valence-electron chi connectivity index (χ1n) is 3.24. The van der Waals surface area contributed by atoms with Crippen LogP contribution in [0.2, 0.25) is 0 Å². The third kappa shape index (κ3) is 6.43. The van der Waals surface area contributed by atoms with Gasteiger partial charge in [-0.2, -0.15) is 4.62 Å². The fourth-order valence-corrected chi connectivity index (χ4v) is 0.963. The van der Waals surface area contributed by atoms with Crippen LogP contribution in [-0.2, 0) is 13.7 Å². The molecule has 0 heterocycles. The summed E-state index contributed by atoms with van der Waals surface area (Å²) in [6.07, 6.45) is 1.59. The van der Waals surface area contributed by atoms with Crippen LogP contribution < -0.4 is 11.4 Å². The first kappa shape index (κ1) is 11.0. The number of hydrogen-bond acceptors (Lipinski definition) is 5. The molecule has 1 unspecified atom stereocenters. The fourth-order valence-electron chi connectivity index (χ4n) is 0.417. The van der Waals surface area contributed by atoms with Gasteiger partial charge in [-0.05, 0) is 6.42 Å². The number of unbranched alkanes of at least 4 members (excludes halogenated alkanes) is 1. The van der Waals surface area contributed by atoms with Gasteiger partial charge in [-0.3, -0.25) is 4.52 Å². The molecule has 0 saturated heterocycles. The lowest BCUT2D eigenvalue weighted by atomic mass is 10.4. The lowest BCUT2D eigenvalue weighted by molar-refractivity contribution is 0.0965. The minimum absolute atomic E-state index is 0.186. The number of nitrogens with two attached hydrogens (primary N) is 1. The number of phosphoric ester groups is 1. The highest BCUT2D eigenvalue weighted by Crippen LogP contribution is 2.41. The molecule has 11 heavy (non-hydrogen) atoms. The van der Waals surface area contributed by atoms with Gasteiger partial charge >= 0.3 is 7.82 Å². The predicted octanol–water partition coefficient (Wildman–Crippen LogP) is 0.298. The number of rotatable bonds is 6. The van der Waals surface area contributed by atoms with Crippen LogP contribution in [0.3, 0.4) is 0 Å². The Bertz CT molecular complexity index is 142. The molecule has 0 aliphatic heterocycles. The second kappa shape index (κ2) is 5.65. The highest BCUT2D eigenvalue weighted by atomic mass is 31.2. The third-order valence-electron chi connectivity index (χ3n) is 0.920. The lowest BCUT2D eigenvalue weighted by Crippen LogP contribution is -2.21. The van der Waals surface area contributed by atoms with E-state index < -0.39 is 7.82 Å². The highest BCUT2D eigenvalue weighted by molar-refractivity contribution is 7.47. The Morgan fingerprint density at radius 2 is 2.36 bits per heavy atom. The Labute approximate surface area is 65.2 Å². The van der Waals surface area contributed by atoms with Gasteiger partial charge in [-0.1, -0.05) is 13.3 Å². The normalized spacial score (nSPS) is 16.3. The minimum atomic E-state index is -3.96. The van der Waals surface area contributed by atoms with E-state index in [-0.39, 0.29) is 6.61 Å². The van der Waals surface area contributed by atoms with Crippen molar-refractivity contribution in [2.75, 3.05) is 6.61 Å². The molecule has 1 atom stereocenters. The Hall–Kier alpha value is 0.0300. The maximum absolute atomic E-state index is 10.7. The third-order valence-corrected chi connectivity index (χ3v) is 1.77. The van der Waals surface area contributed by atoms with Gasteiger partial charge in [0.2, 0.25) is 0 Å². The van der Waals surface area contributed by atoms with E-state index in [0.717, 1.165) is 6.42 Å². The van der Waals surface area contributed by atoms with Crippen LogP contribution >= 0.6 is 7.82 Å². The molecule has 0 aliphatic carbocycles. The molecule has 6 nitrogen and oxygen atoms in total. The zero-order valence-corrected chi connectivity index (χ0v) is 7.21. The fraction of sp³-hybridized carbons (Fsp3) is 1.00. The topological polar surface area (TPSA) is 93.8 Å². The van der Waals surface area contributed by atoms with Gasteiger partial charge in [0.05, 0.1) is 6.61 Å². The van der Waals surface area contributed by atoms with Crippen LogP contribution in [0, 0.1) is 0 Å². The minimum Gasteiger partial charge on any atom is -0.301 e. The molecule has 0 rings (SSSR count). The average Bonchev–Trinajstić information content (AvgIpc) is 1.87. The van der Waals surface area contributed by atoms with E-state index in [0.29, 0.717) is 6.42 Å². The van der Waals surface area contributed by atoms with E-state index in [2.05, 4.69) is 15.0 Å². The second-order valence-electron chi connectivity index (χ2n) is 1.86. The van der Waals surface area contributed by atoms with Crippen molar-refractivity contribution in [1.29, 1.82) is 0 Å². The van der Waals surface area contributed by atoms with Gasteiger partial charge in [-0.25, -0.2) is 10.4 Å². The summed E-state index contributed by atoms with van der Waals surface area (Å²) in [6, 6.07) is 0. The molecule has 0 radical (unpaired) electrons. The highest BCUT2D eigenvalue weighted by Gasteiger charge is 2.19. The zero-order chi connectivity index (χ0) is 8.74. The first-order chi connectivity index (χ1) is 5.12. The quantitative estimate of drug-likeness (QED) is 0.238. The Kier molecular flexibility index (Phi) is 5.67. The summed E-state index contributed by atoms with van der Waals surface area (Å²) in [5, 5.41) is 0. The summed E-state index contributed by atoms with van der Waals surface area (Å²) in [4.78, 5) is 8.71. The molecule has 0 aromatic heterocycles. The Balaban J connectivity index is 3.47. The van der Waals surface area contributed by atoms with Gasteiger partial charge in [0, 0.05) is 0 Å². The maximum Gasteiger partial charge on any atom is 0.489 e. The van der Waals surface area contributed by atoms with Crippen molar-refractivity contribution >= 4 is 7.82 Å². The molecule has 4 N–H and O–H groups in total. The van der Waals surface area contributed by atoms with E-state index in [1.165, 1.54) is 0 Å². The van der Waals surface area contributed by atoms with Crippen molar-refractivity contribution in [2.24, 2.45) is 5.84 Å². The molecule has 0 spiro atoms. The molecular formula is C4H13N2O4P. The van der Waals surface area contributed by atoms with Crippen molar-refractivity contribution in [3.8, 4) is 0 Å². The summed E-state index contributed by atoms with van der Waals surface area (Å²) in [6.45, 7) is 2.12. The average molecular weight is 184 g/mol. The monoisotopic (exact) mass is 184 g/mol. The molecule has 7 heteroatoms. The van der Waals surface area contributed by atoms with Crippen molar-refractivity contribution in [2.45, 2.75) is 19.8 Å². The number of hydrogen-bond donors (Lipinski definition) is 3. The molecular weight excluding hydrogens is 171 g/mol. The molecule has 0 amide bonds. The Morgan fingerprint density at radius 1 is 1.73 bits per heavy atom. The van der Waals surface area contributed by atoms with Crippen molar-refractivity contribution in [1.82, 2.24) is 5.59 Å². The summed E-state index contributed by atoms with van der Waals surface area (Å²) < 4.78 is 19.1. The molecule has 0 fully saturated rings. The number of hydrazine groups is 1. The second-order valence-corrected chi connectivity index (χ2v) is 3.24. The lowest BCUT2D eigenvalue weighted by Gasteiger charge is -2.08. The van der Waals surface area contributed by atoms with Gasteiger partial charge in [0.15, 0.2) is 0 Å². The first-order valence-corrected chi connectivity index (χ1v) is 4.73. The molecule has 0 saturated carbocycles. The molecule has 0 aromatic carbocycles. The zero-order valence-electron chi connectivity index (χ0n) is 6.32. The van der Waals surface area contributed by atoms with Crippen LogP contribution in [0.1, 0.15) is 19.8 Å². The summed E-state index contributed by atoms with van der Waals surface area (Å²) >= 11 is 0. The maximum atomic E-state index is 10.7. The number of nitrogens with one attached hydrogen (secondary N) is 1. The van der Waals surface area contributed by atoms with Crippen LogP contribution in [0.25, 0.3) is 0 Å². The van der Waals surface area contributed by atoms with Crippen LogP contribution in [0.5, 0.6) is 0 Å². The molecule has 0 aliphatic rings. The summed E-state index contributed by atoms with van der Waals surface area (Å²) in [7, 11) is -3.96. The van der Waals surface area contributed by atoms with Crippen molar-refractivity contribution in [3.05, 3.63) is 0 Å². The van der Waals surface area contributed by atoms with Gasteiger partial charge in [0.1, 0.15) is 0 Å². The van der Waals surface area contributed by atoms with Crippen LogP contribution in [0.4, 0.5) is 0 Å². The largest absolute Gasteiger partial charge is 0.489 e. The van der Waals surface area contributed by atoms with E-state index in [4.69, 9.17) is 4.89 Å². The predicted molar refractivity (Wildman–Crippen MR) is 39.1 cm³/mol. The van der Waals surface area contributed by atoms with Crippen molar-refractivity contribution < 1.29 is 18.6 Å². The molecule has 0 aromatic rings. The summed E-state index contributed by atoms with van der Waals surface area (Å²) in [5.74, 6) is 4.63. The van der Waals surface area contributed by atoms with E-state index in [1.807, 2.05) is 6.92 Å². The van der Waals surface area contributed by atoms with Crippen LogP contribution in [0.15, 0.2) is 0 Å². The van der Waals surface area contributed by atoms with E-state index >= 15 is 0 Å². The number of phosphoric acid groups is 1.